The Labute approximate surface area is 115 Å². The van der Waals surface area contributed by atoms with Crippen LogP contribution in [-0.4, -0.2) is 28.5 Å². The molecule has 0 radical (unpaired) electrons. The Kier molecular flexibility index (Phi) is 4.43. The summed E-state index contributed by atoms with van der Waals surface area (Å²) in [6, 6.07) is 7.77. The highest BCUT2D eigenvalue weighted by atomic mass is 16.6. The topological polar surface area (TPSA) is 90.2 Å². The first kappa shape index (κ1) is 13.7. The SMILES string of the molecule is COc1ccc(CCNc2ncc([N+](=O)[O-])cn2)cc1. The van der Waals surface area contributed by atoms with Crippen LogP contribution in [0.2, 0.25) is 0 Å². The molecular formula is C13H14N4O3. The lowest BCUT2D eigenvalue weighted by atomic mass is 10.1. The molecule has 0 aliphatic carbocycles. The van der Waals surface area contributed by atoms with Crippen molar-refractivity contribution in [2.75, 3.05) is 19.0 Å². The van der Waals surface area contributed by atoms with Gasteiger partial charge in [0, 0.05) is 6.54 Å². The molecule has 0 unspecified atom stereocenters. The van der Waals surface area contributed by atoms with E-state index >= 15 is 0 Å². The zero-order chi connectivity index (χ0) is 14.4. The fraction of sp³-hybridized carbons (Fsp3) is 0.231. The van der Waals surface area contributed by atoms with Crippen molar-refractivity contribution in [3.63, 3.8) is 0 Å². The molecule has 0 fully saturated rings. The van der Waals surface area contributed by atoms with Crippen molar-refractivity contribution in [1.82, 2.24) is 9.97 Å². The number of nitrogens with one attached hydrogen (secondary N) is 1. The van der Waals surface area contributed by atoms with Gasteiger partial charge in [0.05, 0.1) is 12.0 Å². The highest BCUT2D eigenvalue weighted by Crippen LogP contribution is 2.12. The number of benzene rings is 1. The third-order valence-corrected chi connectivity index (χ3v) is 2.70. The van der Waals surface area contributed by atoms with Crippen LogP contribution in [0.5, 0.6) is 5.75 Å². The number of anilines is 1. The van der Waals surface area contributed by atoms with Crippen LogP contribution in [0.25, 0.3) is 0 Å². The number of hydrogen-bond acceptors (Lipinski definition) is 6. The number of methoxy groups -OCH3 is 1. The molecule has 104 valence electrons. The Bertz CT molecular complexity index is 569. The molecule has 0 atom stereocenters. The Morgan fingerprint density at radius 1 is 1.25 bits per heavy atom. The summed E-state index contributed by atoms with van der Waals surface area (Å²) in [6.45, 7) is 0.643. The van der Waals surface area contributed by atoms with Gasteiger partial charge in [-0.1, -0.05) is 12.1 Å². The molecular weight excluding hydrogens is 260 g/mol. The first-order chi connectivity index (χ1) is 9.69. The minimum absolute atomic E-state index is 0.120. The minimum Gasteiger partial charge on any atom is -0.497 e. The molecule has 1 aromatic carbocycles. The average molecular weight is 274 g/mol. The Morgan fingerprint density at radius 3 is 2.45 bits per heavy atom. The summed E-state index contributed by atoms with van der Waals surface area (Å²) in [5.41, 5.74) is 1.03. The van der Waals surface area contributed by atoms with Gasteiger partial charge in [0.1, 0.15) is 18.1 Å². The summed E-state index contributed by atoms with van der Waals surface area (Å²) in [5, 5.41) is 13.5. The second kappa shape index (κ2) is 6.46. The molecule has 2 rings (SSSR count). The summed E-state index contributed by atoms with van der Waals surface area (Å²) in [5.74, 6) is 1.20. The monoisotopic (exact) mass is 274 g/mol. The standard InChI is InChI=1S/C13H14N4O3/c1-20-12-4-2-10(3-5-12)6-7-14-13-15-8-11(9-16-13)17(18)19/h2-5,8-9H,6-7H2,1H3,(H,14,15,16). The zero-order valence-electron chi connectivity index (χ0n) is 10.9. The molecule has 0 saturated heterocycles. The molecule has 0 aliphatic heterocycles. The fourth-order valence-corrected chi connectivity index (χ4v) is 1.62. The van der Waals surface area contributed by atoms with Crippen LogP contribution < -0.4 is 10.1 Å². The quantitative estimate of drug-likeness (QED) is 0.640. The normalized spacial score (nSPS) is 10.1. The molecule has 0 amide bonds. The second-order valence-electron chi connectivity index (χ2n) is 4.05. The average Bonchev–Trinajstić information content (AvgIpc) is 2.48. The van der Waals surface area contributed by atoms with Gasteiger partial charge in [-0.25, -0.2) is 9.97 Å². The van der Waals surface area contributed by atoms with Crippen molar-refractivity contribution in [3.8, 4) is 5.75 Å². The highest BCUT2D eigenvalue weighted by Gasteiger charge is 2.06. The summed E-state index contributed by atoms with van der Waals surface area (Å²) in [7, 11) is 1.63. The Hall–Kier alpha value is -2.70. The van der Waals surface area contributed by atoms with Gasteiger partial charge in [0.15, 0.2) is 0 Å². The summed E-state index contributed by atoms with van der Waals surface area (Å²) < 4.78 is 5.08. The van der Waals surface area contributed by atoms with E-state index in [0.29, 0.717) is 12.5 Å². The van der Waals surface area contributed by atoms with E-state index in [0.717, 1.165) is 17.7 Å². The first-order valence-corrected chi connectivity index (χ1v) is 6.02. The Balaban J connectivity index is 1.84. The van der Waals surface area contributed by atoms with Crippen LogP contribution in [0.15, 0.2) is 36.7 Å². The molecule has 1 heterocycles. The van der Waals surface area contributed by atoms with Gasteiger partial charge in [-0.15, -0.1) is 0 Å². The van der Waals surface area contributed by atoms with Gasteiger partial charge in [-0.05, 0) is 24.1 Å². The van der Waals surface area contributed by atoms with Crippen molar-refractivity contribution in [3.05, 3.63) is 52.3 Å². The van der Waals surface area contributed by atoms with E-state index in [4.69, 9.17) is 4.74 Å². The molecule has 20 heavy (non-hydrogen) atoms. The van der Waals surface area contributed by atoms with Crippen LogP contribution in [-0.2, 0) is 6.42 Å². The lowest BCUT2D eigenvalue weighted by Gasteiger charge is -2.05. The van der Waals surface area contributed by atoms with Crippen LogP contribution >= 0.6 is 0 Å². The van der Waals surface area contributed by atoms with E-state index in [2.05, 4.69) is 15.3 Å². The number of nitro groups is 1. The number of nitrogens with zero attached hydrogens (tertiary/aromatic N) is 3. The molecule has 7 nitrogen and oxygen atoms in total. The molecule has 0 aliphatic rings. The second-order valence-corrected chi connectivity index (χ2v) is 4.05. The maximum absolute atomic E-state index is 10.5. The van der Waals surface area contributed by atoms with Gasteiger partial charge < -0.3 is 10.1 Å². The maximum Gasteiger partial charge on any atom is 0.305 e. The zero-order valence-corrected chi connectivity index (χ0v) is 10.9. The predicted molar refractivity (Wildman–Crippen MR) is 73.9 cm³/mol. The lowest BCUT2D eigenvalue weighted by Crippen LogP contribution is -2.08. The van der Waals surface area contributed by atoms with Crippen molar-refractivity contribution >= 4 is 11.6 Å². The van der Waals surface area contributed by atoms with Crippen LogP contribution in [0, 0.1) is 10.1 Å². The van der Waals surface area contributed by atoms with Crippen LogP contribution in [0.4, 0.5) is 11.6 Å². The van der Waals surface area contributed by atoms with Gasteiger partial charge in [-0.3, -0.25) is 10.1 Å². The number of rotatable bonds is 6. The largest absolute Gasteiger partial charge is 0.497 e. The highest BCUT2D eigenvalue weighted by molar-refractivity contribution is 5.31. The number of aromatic nitrogens is 2. The third-order valence-electron chi connectivity index (χ3n) is 2.70. The van der Waals surface area contributed by atoms with Gasteiger partial charge >= 0.3 is 5.69 Å². The fourth-order valence-electron chi connectivity index (χ4n) is 1.62. The molecule has 2 aromatic rings. The van der Waals surface area contributed by atoms with Crippen molar-refractivity contribution in [2.45, 2.75) is 6.42 Å². The van der Waals surface area contributed by atoms with Crippen molar-refractivity contribution < 1.29 is 9.66 Å². The minimum atomic E-state index is -0.527. The Morgan fingerprint density at radius 2 is 1.90 bits per heavy atom. The summed E-state index contributed by atoms with van der Waals surface area (Å²) in [6.07, 6.45) is 3.16. The molecule has 0 bridgehead atoms. The van der Waals surface area contributed by atoms with E-state index in [9.17, 15) is 10.1 Å². The molecule has 1 N–H and O–H groups in total. The summed E-state index contributed by atoms with van der Waals surface area (Å²) >= 11 is 0. The number of ether oxygens (including phenoxy) is 1. The number of hydrogen-bond donors (Lipinski definition) is 1. The van der Waals surface area contributed by atoms with E-state index in [1.54, 1.807) is 7.11 Å². The summed E-state index contributed by atoms with van der Waals surface area (Å²) in [4.78, 5) is 17.7. The maximum atomic E-state index is 10.5. The molecule has 7 heteroatoms. The van der Waals surface area contributed by atoms with Crippen LogP contribution in [0.1, 0.15) is 5.56 Å². The van der Waals surface area contributed by atoms with E-state index in [1.807, 2.05) is 24.3 Å². The molecule has 0 spiro atoms. The van der Waals surface area contributed by atoms with Crippen LogP contribution in [0.3, 0.4) is 0 Å². The van der Waals surface area contributed by atoms with E-state index in [1.165, 1.54) is 12.4 Å². The lowest BCUT2D eigenvalue weighted by molar-refractivity contribution is -0.385. The van der Waals surface area contributed by atoms with Crippen molar-refractivity contribution in [1.29, 1.82) is 0 Å². The van der Waals surface area contributed by atoms with Crippen molar-refractivity contribution in [2.24, 2.45) is 0 Å². The third kappa shape index (κ3) is 3.64. The van der Waals surface area contributed by atoms with Gasteiger partial charge in [0.2, 0.25) is 5.95 Å². The van der Waals surface area contributed by atoms with E-state index in [-0.39, 0.29) is 5.69 Å². The van der Waals surface area contributed by atoms with E-state index < -0.39 is 4.92 Å². The van der Waals surface area contributed by atoms with Gasteiger partial charge in [-0.2, -0.15) is 0 Å². The predicted octanol–water partition coefficient (Wildman–Crippen LogP) is 2.05. The molecule has 1 aromatic heterocycles. The molecule has 0 saturated carbocycles. The first-order valence-electron chi connectivity index (χ1n) is 6.02. The smallest absolute Gasteiger partial charge is 0.305 e. The van der Waals surface area contributed by atoms with Gasteiger partial charge in [0.25, 0.3) is 0 Å².